The Kier molecular flexibility index (Phi) is 8.81. The first-order valence-electron chi connectivity index (χ1n) is 5.97. The Morgan fingerprint density at radius 3 is 2.78 bits per heavy atom. The maximum absolute atomic E-state index is 11.6. The average Bonchev–Trinajstić information content (AvgIpc) is 2.27. The van der Waals surface area contributed by atoms with Crippen LogP contribution in [-0.2, 0) is 14.8 Å². The number of sulfonamides is 1. The van der Waals surface area contributed by atoms with Gasteiger partial charge in [0.2, 0.25) is 10.0 Å². The summed E-state index contributed by atoms with van der Waals surface area (Å²) in [6, 6.07) is 0. The zero-order valence-electron chi connectivity index (χ0n) is 10.9. The highest BCUT2D eigenvalue weighted by Gasteiger charge is 2.12. The molecule has 0 aliphatic carbocycles. The number of halogens is 1. The van der Waals surface area contributed by atoms with Gasteiger partial charge in [-0.05, 0) is 26.8 Å². The molecule has 108 valence electrons. The normalized spacial score (nSPS) is 16.3. The Morgan fingerprint density at radius 1 is 1.50 bits per heavy atom. The van der Waals surface area contributed by atoms with Gasteiger partial charge in [0.1, 0.15) is 0 Å². The minimum Gasteiger partial charge on any atom is -0.378 e. The zero-order valence-corrected chi connectivity index (χ0v) is 12.6. The summed E-state index contributed by atoms with van der Waals surface area (Å²) >= 11 is 0. The van der Waals surface area contributed by atoms with E-state index in [0.717, 1.165) is 25.1 Å². The zero-order chi connectivity index (χ0) is 12.7. The lowest BCUT2D eigenvalue weighted by atomic mass is 10.1. The third kappa shape index (κ3) is 8.05. The molecule has 0 spiro atoms. The molecule has 0 aromatic rings. The van der Waals surface area contributed by atoms with E-state index < -0.39 is 10.0 Å². The molecule has 0 saturated heterocycles. The molecule has 1 heterocycles. The first-order chi connectivity index (χ1) is 7.99. The van der Waals surface area contributed by atoms with Crippen LogP contribution in [-0.4, -0.2) is 46.5 Å². The molecule has 0 bridgehead atoms. The highest BCUT2D eigenvalue weighted by molar-refractivity contribution is 7.89. The van der Waals surface area contributed by atoms with E-state index in [4.69, 9.17) is 4.74 Å². The molecule has 0 fully saturated rings. The lowest BCUT2D eigenvalue weighted by Crippen LogP contribution is -2.32. The second-order valence-corrected chi connectivity index (χ2v) is 6.30. The largest absolute Gasteiger partial charge is 0.378 e. The van der Waals surface area contributed by atoms with Crippen molar-refractivity contribution in [3.05, 3.63) is 11.6 Å². The first kappa shape index (κ1) is 17.9. The monoisotopic (exact) mass is 298 g/mol. The molecule has 0 unspecified atom stereocenters. The summed E-state index contributed by atoms with van der Waals surface area (Å²) in [4.78, 5) is 0. The standard InChI is InChI=1S/C11H22N2O3S.ClH/c1-10(2)16-7-8-17(14,15)13-9-11-3-5-12-6-4-11;/h3,10,12-13H,4-9H2,1-2H3;1H. The van der Waals surface area contributed by atoms with Crippen molar-refractivity contribution in [2.75, 3.05) is 32.0 Å². The van der Waals surface area contributed by atoms with Gasteiger partial charge in [-0.2, -0.15) is 0 Å². The Labute approximate surface area is 116 Å². The van der Waals surface area contributed by atoms with Gasteiger partial charge < -0.3 is 10.1 Å². The van der Waals surface area contributed by atoms with Gasteiger partial charge in [0.25, 0.3) is 0 Å². The number of hydrogen-bond acceptors (Lipinski definition) is 4. The van der Waals surface area contributed by atoms with Crippen LogP contribution in [0.2, 0.25) is 0 Å². The van der Waals surface area contributed by atoms with Crippen LogP contribution in [0.15, 0.2) is 11.6 Å². The van der Waals surface area contributed by atoms with Gasteiger partial charge in [0.15, 0.2) is 0 Å². The van der Waals surface area contributed by atoms with E-state index in [-0.39, 0.29) is 30.9 Å². The molecule has 0 saturated carbocycles. The quantitative estimate of drug-likeness (QED) is 0.678. The minimum absolute atomic E-state index is 0. The van der Waals surface area contributed by atoms with Crippen LogP contribution < -0.4 is 10.0 Å². The Hall–Kier alpha value is -0.140. The Bertz CT molecular complexity index is 355. The molecule has 18 heavy (non-hydrogen) atoms. The highest BCUT2D eigenvalue weighted by atomic mass is 35.5. The van der Waals surface area contributed by atoms with E-state index in [0.29, 0.717) is 6.54 Å². The smallest absolute Gasteiger partial charge is 0.214 e. The molecule has 1 rings (SSSR count). The lowest BCUT2D eigenvalue weighted by molar-refractivity contribution is 0.0911. The molecule has 0 atom stereocenters. The summed E-state index contributed by atoms with van der Waals surface area (Å²) < 4.78 is 31.1. The van der Waals surface area contributed by atoms with Crippen LogP contribution in [0.25, 0.3) is 0 Å². The molecule has 1 aliphatic rings. The number of ether oxygens (including phenoxy) is 1. The maximum Gasteiger partial charge on any atom is 0.214 e. The summed E-state index contributed by atoms with van der Waals surface area (Å²) in [5, 5.41) is 3.18. The summed E-state index contributed by atoms with van der Waals surface area (Å²) in [6.45, 7) is 6.19. The van der Waals surface area contributed by atoms with Crippen molar-refractivity contribution < 1.29 is 13.2 Å². The van der Waals surface area contributed by atoms with Gasteiger partial charge in [-0.15, -0.1) is 12.4 Å². The van der Waals surface area contributed by atoms with E-state index in [9.17, 15) is 8.42 Å². The summed E-state index contributed by atoms with van der Waals surface area (Å²) in [7, 11) is -3.21. The molecule has 1 aliphatic heterocycles. The number of rotatable bonds is 7. The third-order valence-corrected chi connectivity index (χ3v) is 3.77. The fraction of sp³-hybridized carbons (Fsp3) is 0.818. The van der Waals surface area contributed by atoms with E-state index in [1.165, 1.54) is 0 Å². The number of hydrogen-bond donors (Lipinski definition) is 2. The molecule has 5 nitrogen and oxygen atoms in total. The van der Waals surface area contributed by atoms with Crippen molar-refractivity contribution in [2.45, 2.75) is 26.4 Å². The van der Waals surface area contributed by atoms with Gasteiger partial charge in [0, 0.05) is 13.1 Å². The highest BCUT2D eigenvalue weighted by Crippen LogP contribution is 2.03. The van der Waals surface area contributed by atoms with Crippen LogP contribution in [0, 0.1) is 0 Å². The Balaban J connectivity index is 0.00000289. The molecule has 7 heteroatoms. The SMILES string of the molecule is CC(C)OCCS(=O)(=O)NCC1=CCNCC1.Cl. The second kappa shape index (κ2) is 8.87. The van der Waals surface area contributed by atoms with Crippen molar-refractivity contribution in [2.24, 2.45) is 0 Å². The fourth-order valence-electron chi connectivity index (χ4n) is 1.50. The second-order valence-electron chi connectivity index (χ2n) is 4.38. The van der Waals surface area contributed by atoms with Crippen molar-refractivity contribution in [1.29, 1.82) is 0 Å². The third-order valence-electron chi connectivity index (χ3n) is 2.48. The molecular weight excluding hydrogens is 276 g/mol. The molecule has 0 aromatic carbocycles. The van der Waals surface area contributed by atoms with E-state index >= 15 is 0 Å². The molecule has 0 aromatic heterocycles. The van der Waals surface area contributed by atoms with Crippen LogP contribution in [0.1, 0.15) is 20.3 Å². The van der Waals surface area contributed by atoms with E-state index in [2.05, 4.69) is 10.0 Å². The predicted molar refractivity (Wildman–Crippen MR) is 75.7 cm³/mol. The van der Waals surface area contributed by atoms with Crippen LogP contribution in [0.4, 0.5) is 0 Å². The topological polar surface area (TPSA) is 67.4 Å². The van der Waals surface area contributed by atoms with E-state index in [1.807, 2.05) is 19.9 Å². The van der Waals surface area contributed by atoms with Crippen molar-refractivity contribution in [3.63, 3.8) is 0 Å². The fourth-order valence-corrected chi connectivity index (χ4v) is 2.36. The van der Waals surface area contributed by atoms with Gasteiger partial charge in [-0.1, -0.05) is 11.6 Å². The average molecular weight is 299 g/mol. The molecule has 0 radical (unpaired) electrons. The predicted octanol–water partition coefficient (Wildman–Crippen LogP) is 0.672. The van der Waals surface area contributed by atoms with E-state index in [1.54, 1.807) is 0 Å². The van der Waals surface area contributed by atoms with Crippen LogP contribution >= 0.6 is 12.4 Å². The van der Waals surface area contributed by atoms with Crippen molar-refractivity contribution >= 4 is 22.4 Å². The summed E-state index contributed by atoms with van der Waals surface area (Å²) in [5.74, 6) is 0.0245. The lowest BCUT2D eigenvalue weighted by Gasteiger charge is -2.15. The van der Waals surface area contributed by atoms with Crippen molar-refractivity contribution in [1.82, 2.24) is 10.0 Å². The van der Waals surface area contributed by atoms with Gasteiger partial charge in [0.05, 0.1) is 18.5 Å². The van der Waals surface area contributed by atoms with Gasteiger partial charge in [-0.25, -0.2) is 13.1 Å². The molecular formula is C11H23ClN2O3S. The Morgan fingerprint density at radius 2 is 2.22 bits per heavy atom. The van der Waals surface area contributed by atoms with Gasteiger partial charge in [-0.3, -0.25) is 0 Å². The summed E-state index contributed by atoms with van der Waals surface area (Å²) in [6.07, 6.45) is 3.01. The minimum atomic E-state index is -3.21. The van der Waals surface area contributed by atoms with Crippen LogP contribution in [0.3, 0.4) is 0 Å². The van der Waals surface area contributed by atoms with Crippen LogP contribution in [0.5, 0.6) is 0 Å². The molecule has 2 N–H and O–H groups in total. The van der Waals surface area contributed by atoms with Gasteiger partial charge >= 0.3 is 0 Å². The first-order valence-corrected chi connectivity index (χ1v) is 7.62. The van der Waals surface area contributed by atoms with Crippen molar-refractivity contribution in [3.8, 4) is 0 Å². The summed E-state index contributed by atoms with van der Waals surface area (Å²) in [5.41, 5.74) is 1.15. The molecule has 0 amide bonds. The number of nitrogens with one attached hydrogen (secondary N) is 2. The maximum atomic E-state index is 11.6.